The Morgan fingerprint density at radius 3 is 2.26 bits per heavy atom. The lowest BCUT2D eigenvalue weighted by molar-refractivity contribution is 0.439. The van der Waals surface area contributed by atoms with Gasteiger partial charge in [0.15, 0.2) is 5.11 Å². The second-order valence-electron chi connectivity index (χ2n) is 9.11. The van der Waals surface area contributed by atoms with Crippen LogP contribution >= 0.6 is 12.2 Å². The van der Waals surface area contributed by atoms with Crippen LogP contribution in [0.15, 0.2) is 114 Å². The predicted molar refractivity (Wildman–Crippen MR) is 150 cm³/mol. The van der Waals surface area contributed by atoms with Crippen molar-refractivity contribution in [1.29, 1.82) is 0 Å². The van der Waals surface area contributed by atoms with Crippen molar-refractivity contribution in [3.8, 4) is 22.8 Å². The zero-order valence-corrected chi connectivity index (χ0v) is 21.4. The van der Waals surface area contributed by atoms with Crippen LogP contribution < -0.4 is 15.0 Å². The Labute approximate surface area is 225 Å². The molecule has 1 fully saturated rings. The molecule has 0 bridgehead atoms. The highest BCUT2D eigenvalue weighted by atomic mass is 32.1. The summed E-state index contributed by atoms with van der Waals surface area (Å²) in [6.45, 7) is 2.04. The van der Waals surface area contributed by atoms with E-state index in [2.05, 4.69) is 10.3 Å². The van der Waals surface area contributed by atoms with Crippen molar-refractivity contribution in [3.63, 3.8) is 0 Å². The molecule has 0 aliphatic carbocycles. The van der Waals surface area contributed by atoms with Gasteiger partial charge >= 0.3 is 0 Å². The Morgan fingerprint density at radius 2 is 1.58 bits per heavy atom. The fourth-order valence-electron chi connectivity index (χ4n) is 4.62. The maximum Gasteiger partial charge on any atom is 0.174 e. The number of furan rings is 1. The van der Waals surface area contributed by atoms with Gasteiger partial charge in [-0.3, -0.25) is 4.98 Å². The molecule has 6 rings (SSSR count). The number of benzene rings is 3. The molecule has 5 nitrogen and oxygen atoms in total. The summed E-state index contributed by atoms with van der Waals surface area (Å²) in [7, 11) is 0. The lowest BCUT2D eigenvalue weighted by atomic mass is 10.0. The molecule has 0 amide bonds. The van der Waals surface area contributed by atoms with E-state index in [0.29, 0.717) is 16.6 Å². The van der Waals surface area contributed by atoms with E-state index in [0.717, 1.165) is 28.4 Å². The van der Waals surface area contributed by atoms with Crippen molar-refractivity contribution in [3.05, 3.63) is 132 Å². The molecule has 7 heteroatoms. The standard InChI is InChI=1S/C31H24FN3O2S/c1-20-5-13-24(14-6-20)36-25-15-11-23(12-16-25)35-30(29(34-31(35)38)26-4-2-3-19-33-26)28-18-17-27(37-28)21-7-9-22(32)10-8-21/h2-19,29-30H,1H3,(H,34,38)/t29-,30-/m0/s1. The zero-order chi connectivity index (χ0) is 26.1. The van der Waals surface area contributed by atoms with Gasteiger partial charge in [0.1, 0.15) is 34.9 Å². The van der Waals surface area contributed by atoms with E-state index in [-0.39, 0.29) is 17.9 Å². The molecule has 188 valence electrons. The maximum absolute atomic E-state index is 13.5. The summed E-state index contributed by atoms with van der Waals surface area (Å²) in [6.07, 6.45) is 1.77. The van der Waals surface area contributed by atoms with Crippen LogP contribution in [0.5, 0.6) is 11.5 Å². The van der Waals surface area contributed by atoms with Gasteiger partial charge in [0.05, 0.1) is 11.7 Å². The molecule has 0 spiro atoms. The van der Waals surface area contributed by atoms with Crippen LogP contribution in [0.1, 0.15) is 29.1 Å². The number of pyridine rings is 1. The van der Waals surface area contributed by atoms with Gasteiger partial charge in [-0.1, -0.05) is 23.8 Å². The van der Waals surface area contributed by atoms with Gasteiger partial charge in [-0.15, -0.1) is 0 Å². The minimum atomic E-state index is -0.296. The third kappa shape index (κ3) is 4.76. The number of hydrogen-bond acceptors (Lipinski definition) is 4. The lowest BCUT2D eigenvalue weighted by Crippen LogP contribution is -2.29. The highest BCUT2D eigenvalue weighted by Crippen LogP contribution is 2.43. The van der Waals surface area contributed by atoms with E-state index >= 15 is 0 Å². The van der Waals surface area contributed by atoms with Crippen LogP contribution in [0, 0.1) is 12.7 Å². The Kier molecular flexibility index (Phi) is 6.35. The Bertz CT molecular complexity index is 1550. The van der Waals surface area contributed by atoms with E-state index in [1.165, 1.54) is 17.7 Å². The number of hydrogen-bond donors (Lipinski definition) is 1. The van der Waals surface area contributed by atoms with Crippen molar-refractivity contribution >= 4 is 23.0 Å². The van der Waals surface area contributed by atoms with Gasteiger partial charge in [0.2, 0.25) is 0 Å². The molecule has 5 aromatic rings. The molecule has 38 heavy (non-hydrogen) atoms. The molecule has 1 saturated heterocycles. The fourth-order valence-corrected chi connectivity index (χ4v) is 4.97. The fraction of sp³-hybridized carbons (Fsp3) is 0.0968. The number of ether oxygens (including phenoxy) is 1. The summed E-state index contributed by atoms with van der Waals surface area (Å²) in [5.74, 6) is 2.58. The Morgan fingerprint density at radius 1 is 0.868 bits per heavy atom. The molecule has 2 aromatic heterocycles. The third-order valence-electron chi connectivity index (χ3n) is 6.52. The summed E-state index contributed by atoms with van der Waals surface area (Å²) in [5.41, 5.74) is 3.71. The van der Waals surface area contributed by atoms with Gasteiger partial charge in [-0.25, -0.2) is 4.39 Å². The lowest BCUT2D eigenvalue weighted by Gasteiger charge is -2.26. The quantitative estimate of drug-likeness (QED) is 0.231. The summed E-state index contributed by atoms with van der Waals surface area (Å²) in [6, 6.07) is 31.1. The van der Waals surface area contributed by atoms with E-state index in [4.69, 9.17) is 21.4 Å². The Balaban J connectivity index is 1.34. The van der Waals surface area contributed by atoms with Gasteiger partial charge in [-0.2, -0.15) is 0 Å². The second-order valence-corrected chi connectivity index (χ2v) is 9.50. The molecule has 0 saturated carbocycles. The number of aryl methyl sites for hydroxylation is 1. The van der Waals surface area contributed by atoms with Crippen LogP contribution in [-0.4, -0.2) is 10.1 Å². The van der Waals surface area contributed by atoms with Gasteiger partial charge < -0.3 is 19.4 Å². The van der Waals surface area contributed by atoms with Crippen molar-refractivity contribution in [1.82, 2.24) is 10.3 Å². The van der Waals surface area contributed by atoms with Crippen molar-refractivity contribution in [2.75, 3.05) is 4.90 Å². The number of nitrogens with zero attached hydrogens (tertiary/aromatic N) is 2. The van der Waals surface area contributed by atoms with Crippen LogP contribution in [0.4, 0.5) is 10.1 Å². The normalized spacial score (nSPS) is 16.9. The first-order valence-corrected chi connectivity index (χ1v) is 12.7. The smallest absolute Gasteiger partial charge is 0.174 e. The topological polar surface area (TPSA) is 50.5 Å². The van der Waals surface area contributed by atoms with E-state index < -0.39 is 0 Å². The van der Waals surface area contributed by atoms with Crippen LogP contribution in [0.2, 0.25) is 0 Å². The highest BCUT2D eigenvalue weighted by Gasteiger charge is 2.42. The van der Waals surface area contributed by atoms with Gasteiger partial charge in [0.25, 0.3) is 0 Å². The largest absolute Gasteiger partial charge is 0.459 e. The number of nitrogens with one attached hydrogen (secondary N) is 1. The molecule has 3 heterocycles. The van der Waals surface area contributed by atoms with Gasteiger partial charge in [-0.05, 0) is 104 Å². The van der Waals surface area contributed by atoms with Crippen LogP contribution in [-0.2, 0) is 0 Å². The van der Waals surface area contributed by atoms with Crippen molar-refractivity contribution in [2.45, 2.75) is 19.0 Å². The number of aromatic nitrogens is 1. The van der Waals surface area contributed by atoms with Crippen LogP contribution in [0.3, 0.4) is 0 Å². The average molecular weight is 522 g/mol. The molecule has 3 aromatic carbocycles. The Hall–Kier alpha value is -4.49. The first kappa shape index (κ1) is 23.9. The summed E-state index contributed by atoms with van der Waals surface area (Å²) in [4.78, 5) is 6.63. The molecular formula is C31H24FN3O2S. The van der Waals surface area contributed by atoms with Gasteiger partial charge in [0, 0.05) is 17.4 Å². The first-order valence-electron chi connectivity index (χ1n) is 12.3. The predicted octanol–water partition coefficient (Wildman–Crippen LogP) is 7.76. The van der Waals surface area contributed by atoms with E-state index in [9.17, 15) is 4.39 Å². The first-order chi connectivity index (χ1) is 18.5. The summed E-state index contributed by atoms with van der Waals surface area (Å²) >= 11 is 5.81. The number of halogens is 1. The molecule has 1 aliphatic rings. The van der Waals surface area contributed by atoms with Crippen LogP contribution in [0.25, 0.3) is 11.3 Å². The highest BCUT2D eigenvalue weighted by molar-refractivity contribution is 7.80. The monoisotopic (exact) mass is 521 g/mol. The number of rotatable bonds is 6. The van der Waals surface area contributed by atoms with E-state index in [1.54, 1.807) is 18.3 Å². The second kappa shape index (κ2) is 10.1. The van der Waals surface area contributed by atoms with E-state index in [1.807, 2.05) is 90.7 Å². The SMILES string of the molecule is Cc1ccc(Oc2ccc(N3C(=S)N[C@@H](c4ccccn4)[C@@H]3c3ccc(-c4ccc(F)cc4)o3)cc2)cc1. The minimum absolute atomic E-state index is 0.237. The zero-order valence-electron chi connectivity index (χ0n) is 20.5. The minimum Gasteiger partial charge on any atom is -0.459 e. The maximum atomic E-state index is 13.5. The van der Waals surface area contributed by atoms with Crippen molar-refractivity contribution in [2.24, 2.45) is 0 Å². The summed E-state index contributed by atoms with van der Waals surface area (Å²) in [5, 5.41) is 4.00. The third-order valence-corrected chi connectivity index (χ3v) is 6.83. The summed E-state index contributed by atoms with van der Waals surface area (Å²) < 4.78 is 25.8. The molecule has 0 radical (unpaired) electrons. The molecule has 1 N–H and O–H groups in total. The average Bonchev–Trinajstić information content (AvgIpc) is 3.56. The molecule has 1 aliphatic heterocycles. The van der Waals surface area contributed by atoms with Crippen molar-refractivity contribution < 1.29 is 13.5 Å². The number of anilines is 1. The molecule has 2 atom stereocenters. The number of thiocarbonyl (C=S) groups is 1. The molecule has 0 unspecified atom stereocenters. The molecular weight excluding hydrogens is 497 g/mol.